The van der Waals surface area contributed by atoms with Crippen LogP contribution >= 0.6 is 0 Å². The molecule has 0 amide bonds. The van der Waals surface area contributed by atoms with Crippen molar-refractivity contribution in [3.8, 4) is 28.2 Å². The molecule has 4 heteroatoms. The van der Waals surface area contributed by atoms with Crippen molar-refractivity contribution in [1.82, 2.24) is 13.7 Å². The molecule has 0 aliphatic heterocycles. The maximum atomic E-state index is 2.50. The first-order chi connectivity index (χ1) is 34.8. The van der Waals surface area contributed by atoms with E-state index in [0.29, 0.717) is 0 Å². The number of hydrogen-bond donors (Lipinski definition) is 0. The maximum absolute atomic E-state index is 2.83. The maximum Gasteiger partial charge on any atom is 0.179 e. The number of fused-ring (bicyclic) bond motifs is 9. The van der Waals surface area contributed by atoms with Crippen LogP contribution in [0.3, 0.4) is 0 Å². The molecule has 0 N–H and O–H groups in total. The summed E-state index contributed by atoms with van der Waals surface area (Å²) in [5.41, 5.74) is 12.8. The smallest absolute Gasteiger partial charge is 0.179 e. The highest BCUT2D eigenvalue weighted by atomic mass is 28.3. The van der Waals surface area contributed by atoms with Crippen LogP contribution in [-0.2, 0) is 0 Å². The summed E-state index contributed by atoms with van der Waals surface area (Å²) < 4.78 is 7.44. The van der Waals surface area contributed by atoms with Crippen molar-refractivity contribution < 1.29 is 0 Å². The molecule has 0 bridgehead atoms. The van der Waals surface area contributed by atoms with E-state index in [1.807, 2.05) is 0 Å². The number of benzene rings is 11. The van der Waals surface area contributed by atoms with Crippen LogP contribution in [0.25, 0.3) is 93.6 Å². The lowest BCUT2D eigenvalue weighted by Crippen LogP contribution is -2.74. The van der Waals surface area contributed by atoms with Gasteiger partial charge in [-0.1, -0.05) is 212 Å². The third kappa shape index (κ3) is 6.00. The second-order valence-electron chi connectivity index (χ2n) is 18.4. The van der Waals surface area contributed by atoms with Gasteiger partial charge in [0, 0.05) is 43.7 Å². The SMILES string of the molecule is c1ccc([Si](c2ccccc2)(c2ccccc2)c2cccc(-c3cc(-n4c5ccccc5c5ccccc54)cc(-n4c5ccccc5c5c(-n6c7ccccc7c7ccccc76)cccc54)c3)c2)cc1. The van der Waals surface area contributed by atoms with Crippen molar-refractivity contribution in [3.05, 3.63) is 273 Å². The average Bonchev–Trinajstić information content (AvgIpc) is 4.08. The van der Waals surface area contributed by atoms with E-state index < -0.39 is 8.07 Å². The Labute approximate surface area is 407 Å². The fraction of sp³-hybridized carbons (Fsp3) is 0. The molecular formula is C66H45N3Si. The Balaban J connectivity index is 1.07. The predicted molar refractivity (Wildman–Crippen MR) is 299 cm³/mol. The molecule has 0 radical (unpaired) electrons. The molecule has 70 heavy (non-hydrogen) atoms. The first kappa shape index (κ1) is 40.1. The summed E-state index contributed by atoms with van der Waals surface area (Å²) in [5, 5.41) is 12.8. The van der Waals surface area contributed by atoms with Crippen molar-refractivity contribution >= 4 is 94.2 Å². The average molecular weight is 908 g/mol. The Bertz CT molecular complexity index is 4090. The number of nitrogens with zero attached hydrogens (tertiary/aromatic N) is 3. The van der Waals surface area contributed by atoms with Gasteiger partial charge in [-0.15, -0.1) is 0 Å². The zero-order valence-corrected chi connectivity index (χ0v) is 39.3. The summed E-state index contributed by atoms with van der Waals surface area (Å²) in [7, 11) is -2.83. The molecule has 328 valence electrons. The zero-order chi connectivity index (χ0) is 46.2. The molecule has 0 aliphatic carbocycles. The van der Waals surface area contributed by atoms with E-state index in [4.69, 9.17) is 0 Å². The summed E-state index contributed by atoms with van der Waals surface area (Å²) >= 11 is 0. The third-order valence-corrected chi connectivity index (χ3v) is 19.5. The van der Waals surface area contributed by atoms with Crippen molar-refractivity contribution in [2.75, 3.05) is 0 Å². The van der Waals surface area contributed by atoms with E-state index in [0.717, 1.165) is 28.0 Å². The largest absolute Gasteiger partial charge is 0.309 e. The quantitative estimate of drug-likeness (QED) is 0.107. The van der Waals surface area contributed by atoms with Gasteiger partial charge < -0.3 is 13.7 Å². The van der Waals surface area contributed by atoms with E-state index in [-0.39, 0.29) is 0 Å². The Morgan fingerprint density at radius 1 is 0.229 bits per heavy atom. The van der Waals surface area contributed by atoms with Crippen LogP contribution in [0.15, 0.2) is 273 Å². The summed E-state index contributed by atoms with van der Waals surface area (Å²) in [5.74, 6) is 0. The number of hydrogen-bond acceptors (Lipinski definition) is 0. The Kier molecular flexibility index (Phi) is 9.23. The first-order valence-electron chi connectivity index (χ1n) is 24.2. The van der Waals surface area contributed by atoms with Gasteiger partial charge in [0.15, 0.2) is 8.07 Å². The molecule has 0 saturated carbocycles. The van der Waals surface area contributed by atoms with E-state index >= 15 is 0 Å². The number of aromatic nitrogens is 3. The Morgan fingerprint density at radius 3 is 1.07 bits per heavy atom. The molecule has 14 rings (SSSR count). The van der Waals surface area contributed by atoms with Gasteiger partial charge in [-0.3, -0.25) is 0 Å². The van der Waals surface area contributed by atoms with Crippen molar-refractivity contribution in [1.29, 1.82) is 0 Å². The summed E-state index contributed by atoms with van der Waals surface area (Å²) in [4.78, 5) is 0. The van der Waals surface area contributed by atoms with Crippen LogP contribution in [0.2, 0.25) is 0 Å². The topological polar surface area (TPSA) is 14.8 Å². The van der Waals surface area contributed by atoms with Crippen molar-refractivity contribution in [3.63, 3.8) is 0 Å². The lowest BCUT2D eigenvalue weighted by molar-refractivity contribution is 1.13. The highest BCUT2D eigenvalue weighted by Gasteiger charge is 2.41. The van der Waals surface area contributed by atoms with Gasteiger partial charge in [-0.25, -0.2) is 0 Å². The standard InChI is InChI=1S/C66H45N3Si/c1-4-23-50(24-5-1)70(51-25-6-2-7-26-51,52-27-8-3-9-28-52)53-29-20-22-46(44-53)47-42-48(67-59-35-15-10-30-54(59)55-31-11-16-36-60(55)67)45-49(43-47)68-63-39-19-14-34-58(63)66-64(68)40-21-41-65(66)69-61-37-17-12-32-56(61)57-33-13-18-38-62(57)69/h1-45H. The fourth-order valence-corrected chi connectivity index (χ4v) is 16.7. The number of rotatable bonds is 8. The minimum absolute atomic E-state index is 1.10. The molecule has 0 unspecified atom stereocenters. The molecule has 0 aliphatic rings. The molecule has 0 spiro atoms. The van der Waals surface area contributed by atoms with Crippen LogP contribution in [0.1, 0.15) is 0 Å². The minimum atomic E-state index is -2.83. The summed E-state index contributed by atoms with van der Waals surface area (Å²) in [6.07, 6.45) is 0. The molecule has 0 saturated heterocycles. The van der Waals surface area contributed by atoms with Gasteiger partial charge in [0.25, 0.3) is 0 Å². The van der Waals surface area contributed by atoms with Crippen LogP contribution in [-0.4, -0.2) is 21.8 Å². The van der Waals surface area contributed by atoms with E-state index in [2.05, 4.69) is 287 Å². The van der Waals surface area contributed by atoms with Crippen LogP contribution in [0.4, 0.5) is 0 Å². The minimum Gasteiger partial charge on any atom is -0.309 e. The van der Waals surface area contributed by atoms with Gasteiger partial charge in [-0.05, 0) is 92.5 Å². The molecule has 3 nitrogen and oxygen atoms in total. The van der Waals surface area contributed by atoms with Gasteiger partial charge >= 0.3 is 0 Å². The number of para-hydroxylation sites is 5. The molecule has 14 aromatic rings. The van der Waals surface area contributed by atoms with Gasteiger partial charge in [-0.2, -0.15) is 0 Å². The van der Waals surface area contributed by atoms with Gasteiger partial charge in [0.1, 0.15) is 0 Å². The van der Waals surface area contributed by atoms with E-state index in [1.54, 1.807) is 0 Å². The monoisotopic (exact) mass is 907 g/mol. The lowest BCUT2D eigenvalue weighted by Gasteiger charge is -2.34. The summed E-state index contributed by atoms with van der Waals surface area (Å²) in [6.45, 7) is 0. The first-order valence-corrected chi connectivity index (χ1v) is 26.2. The molecule has 3 heterocycles. The van der Waals surface area contributed by atoms with E-state index in [1.165, 1.54) is 86.4 Å². The zero-order valence-electron chi connectivity index (χ0n) is 38.3. The molecular weight excluding hydrogens is 863 g/mol. The highest BCUT2D eigenvalue weighted by molar-refractivity contribution is 7.19. The lowest BCUT2D eigenvalue weighted by atomic mass is 10.0. The Hall–Kier alpha value is -8.96. The fourth-order valence-electron chi connectivity index (χ4n) is 11.9. The molecule has 0 atom stereocenters. The Morgan fingerprint density at radius 2 is 0.586 bits per heavy atom. The van der Waals surface area contributed by atoms with Crippen molar-refractivity contribution in [2.24, 2.45) is 0 Å². The summed E-state index contributed by atoms with van der Waals surface area (Å²) in [6, 6.07) is 101. The third-order valence-electron chi connectivity index (χ3n) is 14.7. The van der Waals surface area contributed by atoms with Crippen LogP contribution in [0, 0.1) is 0 Å². The predicted octanol–water partition coefficient (Wildman–Crippen LogP) is 14.0. The van der Waals surface area contributed by atoms with Crippen LogP contribution < -0.4 is 20.7 Å². The molecule has 0 fully saturated rings. The highest BCUT2D eigenvalue weighted by Crippen LogP contribution is 2.42. The second-order valence-corrected chi connectivity index (χ2v) is 22.2. The van der Waals surface area contributed by atoms with Crippen molar-refractivity contribution in [2.45, 2.75) is 0 Å². The normalized spacial score (nSPS) is 12.0. The molecule has 11 aromatic carbocycles. The van der Waals surface area contributed by atoms with Gasteiger partial charge in [0.2, 0.25) is 0 Å². The van der Waals surface area contributed by atoms with E-state index in [9.17, 15) is 0 Å². The van der Waals surface area contributed by atoms with Crippen LogP contribution in [0.5, 0.6) is 0 Å². The van der Waals surface area contributed by atoms with Gasteiger partial charge in [0.05, 0.1) is 38.8 Å². The second kappa shape index (κ2) is 16.1. The molecule has 3 aromatic heterocycles.